The Bertz CT molecular complexity index is 614. The van der Waals surface area contributed by atoms with Gasteiger partial charge in [-0.1, -0.05) is 6.92 Å². The maximum Gasteiger partial charge on any atom is 0.259 e. The van der Waals surface area contributed by atoms with Crippen LogP contribution < -0.4 is 10.9 Å². The summed E-state index contributed by atoms with van der Waals surface area (Å²) in [5, 5.41) is 4.01. The quantitative estimate of drug-likeness (QED) is 0.868. The number of aromatic nitrogens is 2. The molecule has 0 amide bonds. The van der Waals surface area contributed by atoms with E-state index in [4.69, 9.17) is 0 Å². The van der Waals surface area contributed by atoms with E-state index in [1.54, 1.807) is 11.3 Å². The van der Waals surface area contributed by atoms with Crippen LogP contribution in [0.1, 0.15) is 29.6 Å². The molecule has 2 aromatic rings. The molecule has 2 heterocycles. The molecule has 0 unspecified atom stereocenters. The molecule has 17 heavy (non-hydrogen) atoms. The van der Waals surface area contributed by atoms with Crippen LogP contribution in [-0.4, -0.2) is 16.5 Å². The van der Waals surface area contributed by atoms with Crippen LogP contribution in [-0.2, 0) is 19.4 Å². The first-order valence-corrected chi connectivity index (χ1v) is 6.85. The van der Waals surface area contributed by atoms with E-state index < -0.39 is 0 Å². The van der Waals surface area contributed by atoms with Gasteiger partial charge in [-0.15, -0.1) is 11.3 Å². The fourth-order valence-corrected chi connectivity index (χ4v) is 3.65. The van der Waals surface area contributed by atoms with Crippen molar-refractivity contribution in [3.8, 4) is 0 Å². The molecule has 2 aromatic heterocycles. The molecule has 0 radical (unpaired) electrons. The molecule has 4 nitrogen and oxygen atoms in total. The van der Waals surface area contributed by atoms with Crippen molar-refractivity contribution < 1.29 is 0 Å². The first-order chi connectivity index (χ1) is 8.29. The predicted molar refractivity (Wildman–Crippen MR) is 69.6 cm³/mol. The van der Waals surface area contributed by atoms with Gasteiger partial charge in [-0.2, -0.15) is 0 Å². The minimum atomic E-state index is 0.0299. The van der Waals surface area contributed by atoms with E-state index in [0.717, 1.165) is 35.4 Å². The third-order valence-electron chi connectivity index (χ3n) is 3.17. The SMILES string of the molecule is CCNCc1nc2sc3c(c2c(=O)[nH]1)CCC3. The van der Waals surface area contributed by atoms with Gasteiger partial charge in [0.2, 0.25) is 0 Å². The molecular weight excluding hydrogens is 234 g/mol. The summed E-state index contributed by atoms with van der Waals surface area (Å²) < 4.78 is 0. The molecule has 0 bridgehead atoms. The first kappa shape index (κ1) is 10.9. The highest BCUT2D eigenvalue weighted by Gasteiger charge is 2.20. The average molecular weight is 249 g/mol. The molecule has 3 rings (SSSR count). The molecule has 90 valence electrons. The molecule has 0 atom stereocenters. The summed E-state index contributed by atoms with van der Waals surface area (Å²) in [6, 6.07) is 0. The molecule has 0 saturated carbocycles. The van der Waals surface area contributed by atoms with Crippen molar-refractivity contribution in [1.82, 2.24) is 15.3 Å². The van der Waals surface area contributed by atoms with Crippen molar-refractivity contribution in [3.05, 3.63) is 26.6 Å². The van der Waals surface area contributed by atoms with E-state index in [0.29, 0.717) is 6.54 Å². The molecule has 0 aromatic carbocycles. The summed E-state index contributed by atoms with van der Waals surface area (Å²) in [7, 11) is 0. The van der Waals surface area contributed by atoms with Gasteiger partial charge in [0.05, 0.1) is 11.9 Å². The Morgan fingerprint density at radius 1 is 1.47 bits per heavy atom. The van der Waals surface area contributed by atoms with Gasteiger partial charge < -0.3 is 10.3 Å². The van der Waals surface area contributed by atoms with Crippen LogP contribution in [0, 0.1) is 0 Å². The minimum Gasteiger partial charge on any atom is -0.310 e. The van der Waals surface area contributed by atoms with Crippen LogP contribution in [0.2, 0.25) is 0 Å². The Hall–Kier alpha value is -1.20. The highest BCUT2D eigenvalue weighted by Crippen LogP contribution is 2.34. The van der Waals surface area contributed by atoms with Crippen LogP contribution in [0.15, 0.2) is 4.79 Å². The number of nitrogens with one attached hydrogen (secondary N) is 2. The standard InChI is InChI=1S/C12H15N3OS/c1-2-13-6-9-14-11(16)10-7-4-3-5-8(7)17-12(10)15-9/h13H,2-6H2,1H3,(H,14,15,16). The molecule has 1 aliphatic rings. The van der Waals surface area contributed by atoms with E-state index >= 15 is 0 Å². The van der Waals surface area contributed by atoms with Crippen LogP contribution in [0.4, 0.5) is 0 Å². The van der Waals surface area contributed by atoms with Gasteiger partial charge in [0.25, 0.3) is 5.56 Å². The average Bonchev–Trinajstić information content (AvgIpc) is 2.85. The maximum atomic E-state index is 12.1. The lowest BCUT2D eigenvalue weighted by molar-refractivity contribution is 0.691. The van der Waals surface area contributed by atoms with Gasteiger partial charge in [-0.3, -0.25) is 4.79 Å². The van der Waals surface area contributed by atoms with Crippen molar-refractivity contribution in [2.24, 2.45) is 0 Å². The van der Waals surface area contributed by atoms with Crippen LogP contribution in [0.3, 0.4) is 0 Å². The molecule has 0 aliphatic heterocycles. The van der Waals surface area contributed by atoms with Gasteiger partial charge in [0, 0.05) is 4.88 Å². The Morgan fingerprint density at radius 3 is 3.18 bits per heavy atom. The van der Waals surface area contributed by atoms with E-state index in [9.17, 15) is 4.79 Å². The monoisotopic (exact) mass is 249 g/mol. The van der Waals surface area contributed by atoms with Crippen molar-refractivity contribution >= 4 is 21.6 Å². The molecule has 2 N–H and O–H groups in total. The Balaban J connectivity index is 2.12. The van der Waals surface area contributed by atoms with Crippen molar-refractivity contribution in [1.29, 1.82) is 0 Å². The summed E-state index contributed by atoms with van der Waals surface area (Å²) in [5.74, 6) is 0.740. The second-order valence-corrected chi connectivity index (χ2v) is 5.41. The molecule has 0 spiro atoms. The van der Waals surface area contributed by atoms with Crippen molar-refractivity contribution in [3.63, 3.8) is 0 Å². The van der Waals surface area contributed by atoms with Gasteiger partial charge in [-0.05, 0) is 31.4 Å². The number of thiophene rings is 1. The summed E-state index contributed by atoms with van der Waals surface area (Å²) in [4.78, 5) is 21.8. The maximum absolute atomic E-state index is 12.1. The lowest BCUT2D eigenvalue weighted by Crippen LogP contribution is -2.19. The number of hydrogen-bond donors (Lipinski definition) is 2. The molecule has 5 heteroatoms. The first-order valence-electron chi connectivity index (χ1n) is 6.03. The second-order valence-electron chi connectivity index (χ2n) is 4.33. The summed E-state index contributed by atoms with van der Waals surface area (Å²) in [5.41, 5.74) is 1.27. The zero-order chi connectivity index (χ0) is 11.8. The lowest BCUT2D eigenvalue weighted by atomic mass is 10.2. The fraction of sp³-hybridized carbons (Fsp3) is 0.500. The Morgan fingerprint density at radius 2 is 2.35 bits per heavy atom. The van der Waals surface area contributed by atoms with Gasteiger partial charge >= 0.3 is 0 Å². The van der Waals surface area contributed by atoms with Gasteiger partial charge in [-0.25, -0.2) is 4.98 Å². The Labute approximate surface area is 103 Å². The number of aryl methyl sites for hydroxylation is 2. The number of hydrogen-bond acceptors (Lipinski definition) is 4. The highest BCUT2D eigenvalue weighted by atomic mass is 32.1. The van der Waals surface area contributed by atoms with E-state index in [1.807, 2.05) is 6.92 Å². The van der Waals surface area contributed by atoms with E-state index in [-0.39, 0.29) is 5.56 Å². The second kappa shape index (κ2) is 4.23. The molecular formula is C12H15N3OS. The van der Waals surface area contributed by atoms with Crippen LogP contribution >= 0.6 is 11.3 Å². The van der Waals surface area contributed by atoms with E-state index in [1.165, 1.54) is 16.9 Å². The van der Waals surface area contributed by atoms with Crippen molar-refractivity contribution in [2.75, 3.05) is 6.54 Å². The summed E-state index contributed by atoms with van der Waals surface area (Å²) >= 11 is 1.69. The fourth-order valence-electron chi connectivity index (χ4n) is 2.37. The predicted octanol–water partition coefficient (Wildman–Crippen LogP) is 1.58. The smallest absolute Gasteiger partial charge is 0.259 e. The number of rotatable bonds is 3. The topological polar surface area (TPSA) is 57.8 Å². The highest BCUT2D eigenvalue weighted by molar-refractivity contribution is 7.18. The zero-order valence-electron chi connectivity index (χ0n) is 9.80. The third-order valence-corrected chi connectivity index (χ3v) is 4.35. The van der Waals surface area contributed by atoms with Gasteiger partial charge in [0.15, 0.2) is 0 Å². The summed E-state index contributed by atoms with van der Waals surface area (Å²) in [6.07, 6.45) is 3.32. The summed E-state index contributed by atoms with van der Waals surface area (Å²) in [6.45, 7) is 3.54. The number of nitrogens with zero attached hydrogens (tertiary/aromatic N) is 1. The molecule has 0 saturated heterocycles. The van der Waals surface area contributed by atoms with Crippen LogP contribution in [0.5, 0.6) is 0 Å². The number of aromatic amines is 1. The lowest BCUT2D eigenvalue weighted by Gasteiger charge is -2.01. The largest absolute Gasteiger partial charge is 0.310 e. The molecule has 1 aliphatic carbocycles. The Kier molecular flexibility index (Phi) is 2.72. The number of H-pyrrole nitrogens is 1. The van der Waals surface area contributed by atoms with Crippen molar-refractivity contribution in [2.45, 2.75) is 32.7 Å². The van der Waals surface area contributed by atoms with Gasteiger partial charge in [0.1, 0.15) is 10.7 Å². The van der Waals surface area contributed by atoms with Crippen LogP contribution in [0.25, 0.3) is 10.2 Å². The van der Waals surface area contributed by atoms with E-state index in [2.05, 4.69) is 15.3 Å². The zero-order valence-corrected chi connectivity index (χ0v) is 10.6. The normalized spacial score (nSPS) is 14.4. The minimum absolute atomic E-state index is 0.0299. The number of fused-ring (bicyclic) bond motifs is 3. The molecule has 0 fully saturated rings. The third kappa shape index (κ3) is 1.79.